The summed E-state index contributed by atoms with van der Waals surface area (Å²) in [6, 6.07) is 7.56. The van der Waals surface area contributed by atoms with E-state index >= 15 is 0 Å². The Labute approximate surface area is 95.7 Å². The summed E-state index contributed by atoms with van der Waals surface area (Å²) in [5.41, 5.74) is 7.73. The first kappa shape index (κ1) is 9.94. The summed E-state index contributed by atoms with van der Waals surface area (Å²) < 4.78 is 0.856. The lowest BCUT2D eigenvalue weighted by Crippen LogP contribution is -1.95. The molecule has 0 bridgehead atoms. The van der Waals surface area contributed by atoms with Gasteiger partial charge >= 0.3 is 0 Å². The van der Waals surface area contributed by atoms with Crippen LogP contribution in [0.15, 0.2) is 22.7 Å². The number of benzene rings is 1. The van der Waals surface area contributed by atoms with Crippen molar-refractivity contribution in [2.45, 2.75) is 6.92 Å². The van der Waals surface area contributed by atoms with Crippen LogP contribution in [-0.4, -0.2) is 4.98 Å². The SMILES string of the molecule is Cc1nc(C#N)c2cccc(N)c2c1Br. The summed E-state index contributed by atoms with van der Waals surface area (Å²) in [5.74, 6) is 0. The highest BCUT2D eigenvalue weighted by Crippen LogP contribution is 2.32. The lowest BCUT2D eigenvalue weighted by atomic mass is 10.1. The molecule has 2 rings (SSSR count). The van der Waals surface area contributed by atoms with E-state index in [1.807, 2.05) is 25.1 Å². The third kappa shape index (κ3) is 1.45. The molecule has 1 aromatic carbocycles. The van der Waals surface area contributed by atoms with Crippen molar-refractivity contribution in [1.82, 2.24) is 4.98 Å². The van der Waals surface area contributed by atoms with Gasteiger partial charge in [-0.05, 0) is 28.9 Å². The zero-order valence-electron chi connectivity index (χ0n) is 8.08. The standard InChI is InChI=1S/C11H8BrN3/c1-6-11(12)10-7(9(5-13)15-6)3-2-4-8(10)14/h2-4H,14H2,1H3. The Kier molecular flexibility index (Phi) is 2.33. The molecule has 74 valence electrons. The summed E-state index contributed by atoms with van der Waals surface area (Å²) in [4.78, 5) is 4.20. The van der Waals surface area contributed by atoms with E-state index in [2.05, 4.69) is 27.0 Å². The van der Waals surface area contributed by atoms with Crippen LogP contribution in [0.4, 0.5) is 5.69 Å². The molecule has 0 spiro atoms. The average molecular weight is 262 g/mol. The molecule has 0 aliphatic rings. The van der Waals surface area contributed by atoms with E-state index in [9.17, 15) is 0 Å². The number of nitriles is 1. The first-order valence-electron chi connectivity index (χ1n) is 4.39. The second-order valence-electron chi connectivity index (χ2n) is 3.24. The largest absolute Gasteiger partial charge is 0.398 e. The van der Waals surface area contributed by atoms with E-state index in [1.54, 1.807) is 0 Å². The Hall–Kier alpha value is -1.60. The Morgan fingerprint density at radius 3 is 2.87 bits per heavy atom. The fourth-order valence-electron chi connectivity index (χ4n) is 1.56. The summed E-state index contributed by atoms with van der Waals surface area (Å²) in [5, 5.41) is 10.6. The molecule has 1 heterocycles. The van der Waals surface area contributed by atoms with E-state index in [4.69, 9.17) is 11.0 Å². The Bertz CT molecular complexity index is 584. The molecule has 2 aromatic rings. The second-order valence-corrected chi connectivity index (χ2v) is 4.03. The van der Waals surface area contributed by atoms with Crippen molar-refractivity contribution in [3.63, 3.8) is 0 Å². The molecular formula is C11H8BrN3. The van der Waals surface area contributed by atoms with Gasteiger partial charge in [-0.3, -0.25) is 0 Å². The van der Waals surface area contributed by atoms with Crippen LogP contribution in [0.25, 0.3) is 10.8 Å². The van der Waals surface area contributed by atoms with Crippen LogP contribution in [0.3, 0.4) is 0 Å². The molecule has 3 nitrogen and oxygen atoms in total. The molecule has 0 aliphatic carbocycles. The Morgan fingerprint density at radius 2 is 2.20 bits per heavy atom. The number of nitrogens with zero attached hydrogens (tertiary/aromatic N) is 2. The van der Waals surface area contributed by atoms with Crippen molar-refractivity contribution in [2.75, 3.05) is 5.73 Å². The van der Waals surface area contributed by atoms with Crippen LogP contribution >= 0.6 is 15.9 Å². The zero-order chi connectivity index (χ0) is 11.0. The number of aromatic nitrogens is 1. The van der Waals surface area contributed by atoms with Crippen LogP contribution in [0.1, 0.15) is 11.4 Å². The summed E-state index contributed by atoms with van der Waals surface area (Å²) in [6.07, 6.45) is 0. The first-order valence-corrected chi connectivity index (χ1v) is 5.19. The van der Waals surface area contributed by atoms with Crippen LogP contribution in [0, 0.1) is 18.3 Å². The van der Waals surface area contributed by atoms with Crippen LogP contribution in [0.5, 0.6) is 0 Å². The lowest BCUT2D eigenvalue weighted by Gasteiger charge is -2.07. The van der Waals surface area contributed by atoms with Crippen LogP contribution < -0.4 is 5.73 Å². The summed E-state index contributed by atoms with van der Waals surface area (Å²) in [7, 11) is 0. The molecule has 0 unspecified atom stereocenters. The van der Waals surface area contributed by atoms with Gasteiger partial charge in [-0.15, -0.1) is 0 Å². The van der Waals surface area contributed by atoms with Gasteiger partial charge in [0.05, 0.1) is 5.69 Å². The number of hydrogen-bond donors (Lipinski definition) is 1. The van der Waals surface area contributed by atoms with E-state index in [0.29, 0.717) is 11.4 Å². The number of pyridine rings is 1. The summed E-state index contributed by atoms with van der Waals surface area (Å²) in [6.45, 7) is 1.84. The Morgan fingerprint density at radius 1 is 1.47 bits per heavy atom. The number of anilines is 1. The van der Waals surface area contributed by atoms with Crippen LogP contribution in [-0.2, 0) is 0 Å². The molecule has 0 saturated carbocycles. The first-order chi connectivity index (χ1) is 7.15. The Balaban J connectivity index is 3.05. The van der Waals surface area contributed by atoms with Gasteiger partial charge in [0.2, 0.25) is 0 Å². The molecule has 0 amide bonds. The van der Waals surface area contributed by atoms with Gasteiger partial charge in [0.15, 0.2) is 0 Å². The number of rotatable bonds is 0. The molecule has 15 heavy (non-hydrogen) atoms. The van der Waals surface area contributed by atoms with Crippen LogP contribution in [0.2, 0.25) is 0 Å². The van der Waals surface area contributed by atoms with E-state index in [0.717, 1.165) is 20.9 Å². The fraction of sp³-hybridized carbons (Fsp3) is 0.0909. The minimum Gasteiger partial charge on any atom is -0.398 e. The van der Waals surface area contributed by atoms with E-state index in [1.165, 1.54) is 0 Å². The van der Waals surface area contributed by atoms with Crippen molar-refractivity contribution < 1.29 is 0 Å². The molecule has 4 heteroatoms. The third-order valence-electron chi connectivity index (χ3n) is 2.27. The second kappa shape index (κ2) is 3.52. The van der Waals surface area contributed by atoms with Gasteiger partial charge in [0.25, 0.3) is 0 Å². The lowest BCUT2D eigenvalue weighted by molar-refractivity contribution is 1.18. The van der Waals surface area contributed by atoms with Crippen molar-refractivity contribution in [1.29, 1.82) is 5.26 Å². The monoisotopic (exact) mass is 261 g/mol. The maximum Gasteiger partial charge on any atom is 0.148 e. The quantitative estimate of drug-likeness (QED) is 0.742. The van der Waals surface area contributed by atoms with Gasteiger partial charge in [-0.1, -0.05) is 12.1 Å². The van der Waals surface area contributed by atoms with Crippen molar-refractivity contribution >= 4 is 32.4 Å². The predicted molar refractivity (Wildman–Crippen MR) is 63.3 cm³/mol. The normalized spacial score (nSPS) is 10.2. The van der Waals surface area contributed by atoms with E-state index < -0.39 is 0 Å². The number of nitrogen functional groups attached to an aromatic ring is 1. The number of fused-ring (bicyclic) bond motifs is 1. The van der Waals surface area contributed by atoms with E-state index in [-0.39, 0.29) is 0 Å². The smallest absolute Gasteiger partial charge is 0.148 e. The minimum absolute atomic E-state index is 0.415. The highest BCUT2D eigenvalue weighted by molar-refractivity contribution is 9.10. The molecule has 1 aromatic heterocycles. The molecule has 0 radical (unpaired) electrons. The highest BCUT2D eigenvalue weighted by atomic mass is 79.9. The van der Waals surface area contributed by atoms with Gasteiger partial charge in [0.1, 0.15) is 11.8 Å². The van der Waals surface area contributed by atoms with Gasteiger partial charge in [-0.2, -0.15) is 5.26 Å². The third-order valence-corrected chi connectivity index (χ3v) is 3.24. The molecule has 0 saturated heterocycles. The summed E-state index contributed by atoms with van der Waals surface area (Å²) >= 11 is 3.44. The van der Waals surface area contributed by atoms with Gasteiger partial charge in [0, 0.05) is 20.9 Å². The average Bonchev–Trinajstić information content (AvgIpc) is 2.23. The number of halogens is 1. The van der Waals surface area contributed by atoms with Crippen molar-refractivity contribution in [3.8, 4) is 6.07 Å². The fourth-order valence-corrected chi connectivity index (χ4v) is 2.09. The van der Waals surface area contributed by atoms with Crippen molar-refractivity contribution in [2.24, 2.45) is 0 Å². The maximum atomic E-state index is 8.97. The minimum atomic E-state index is 0.415. The predicted octanol–water partition coefficient (Wildman–Crippen LogP) is 2.76. The highest BCUT2D eigenvalue weighted by Gasteiger charge is 2.10. The van der Waals surface area contributed by atoms with Crippen molar-refractivity contribution in [3.05, 3.63) is 34.1 Å². The van der Waals surface area contributed by atoms with Gasteiger partial charge < -0.3 is 5.73 Å². The zero-order valence-corrected chi connectivity index (χ0v) is 9.67. The molecule has 2 N–H and O–H groups in total. The maximum absolute atomic E-state index is 8.97. The van der Waals surface area contributed by atoms with Gasteiger partial charge in [-0.25, -0.2) is 4.98 Å². The molecular weight excluding hydrogens is 254 g/mol. The number of hydrogen-bond acceptors (Lipinski definition) is 3. The number of aryl methyl sites for hydroxylation is 1. The molecule has 0 atom stereocenters. The number of nitrogens with two attached hydrogens (primary N) is 1. The molecule has 0 aliphatic heterocycles. The topological polar surface area (TPSA) is 62.7 Å². The molecule has 0 fully saturated rings.